The van der Waals surface area contributed by atoms with E-state index < -0.39 is 0 Å². The van der Waals surface area contributed by atoms with E-state index in [1.54, 1.807) is 12.5 Å². The lowest BCUT2D eigenvalue weighted by Gasteiger charge is -2.58. The third-order valence-electron chi connectivity index (χ3n) is 11.1. The van der Waals surface area contributed by atoms with Crippen molar-refractivity contribution in [2.45, 2.75) is 104 Å². The Kier molecular flexibility index (Phi) is 6.27. The summed E-state index contributed by atoms with van der Waals surface area (Å²) in [6.45, 7) is 13.4. The predicted molar refractivity (Wildman–Crippen MR) is 130 cm³/mol. The first-order valence-corrected chi connectivity index (χ1v) is 13.9. The van der Waals surface area contributed by atoms with Gasteiger partial charge in [0.05, 0.1) is 0 Å². The van der Waals surface area contributed by atoms with Crippen LogP contribution < -0.4 is 0 Å². The lowest BCUT2D eigenvalue weighted by Crippen LogP contribution is -2.51. The second kappa shape index (κ2) is 8.75. The molecular weight excluding hydrogens is 394 g/mol. The van der Waals surface area contributed by atoms with E-state index in [1.165, 1.54) is 77.4 Å². The molecule has 8 atom stereocenters. The van der Waals surface area contributed by atoms with Crippen LogP contribution in [-0.4, -0.2) is 36.6 Å². The fourth-order valence-electron chi connectivity index (χ4n) is 9.61. The zero-order chi connectivity index (χ0) is 22.5. The largest absolute Gasteiger partial charge is 0.462 e. The number of rotatable bonds is 4. The van der Waals surface area contributed by atoms with Gasteiger partial charge in [0.2, 0.25) is 0 Å². The number of fused-ring (bicyclic) bond motifs is 5. The van der Waals surface area contributed by atoms with Gasteiger partial charge in [0.25, 0.3) is 0 Å². The van der Waals surface area contributed by atoms with Gasteiger partial charge in [-0.1, -0.05) is 38.8 Å². The molecule has 180 valence electrons. The number of carbonyl (C=O) groups excluding carboxylic acids is 1. The van der Waals surface area contributed by atoms with Crippen LogP contribution in [0.1, 0.15) is 98.3 Å². The number of likely N-dealkylation sites (tertiary alicyclic amines) is 1. The molecule has 3 nitrogen and oxygen atoms in total. The molecule has 1 heterocycles. The first kappa shape index (κ1) is 22.9. The highest BCUT2D eigenvalue weighted by Gasteiger charge is 2.59. The Morgan fingerprint density at radius 2 is 1.88 bits per heavy atom. The SMILES string of the molecule is CC(=O)O[C@H]1CC[C@@]2(C)C(=CCC3C2CC[C@@]2(C)C3CC[C@@H]2C(C)CN2CCCCC2)C1. The fourth-order valence-corrected chi connectivity index (χ4v) is 9.61. The molecule has 4 fully saturated rings. The van der Waals surface area contributed by atoms with Gasteiger partial charge < -0.3 is 9.64 Å². The number of esters is 1. The molecule has 1 aliphatic heterocycles. The minimum absolute atomic E-state index is 0.114. The van der Waals surface area contributed by atoms with Crippen molar-refractivity contribution in [3.8, 4) is 0 Å². The van der Waals surface area contributed by atoms with Gasteiger partial charge in [0.15, 0.2) is 0 Å². The lowest BCUT2D eigenvalue weighted by atomic mass is 9.47. The van der Waals surface area contributed by atoms with E-state index in [0.717, 1.165) is 42.4 Å². The molecule has 0 bridgehead atoms. The second-order valence-corrected chi connectivity index (χ2v) is 12.8. The molecule has 32 heavy (non-hydrogen) atoms. The topological polar surface area (TPSA) is 29.5 Å². The Morgan fingerprint density at radius 3 is 2.62 bits per heavy atom. The van der Waals surface area contributed by atoms with Crippen molar-refractivity contribution in [3.63, 3.8) is 0 Å². The summed E-state index contributed by atoms with van der Waals surface area (Å²) in [5.74, 6) is 4.26. The predicted octanol–water partition coefficient (Wildman–Crippen LogP) is 6.62. The average Bonchev–Trinajstić information content (AvgIpc) is 3.12. The van der Waals surface area contributed by atoms with Gasteiger partial charge in [-0.2, -0.15) is 0 Å². The van der Waals surface area contributed by atoms with Crippen molar-refractivity contribution in [1.29, 1.82) is 0 Å². The van der Waals surface area contributed by atoms with Crippen molar-refractivity contribution < 1.29 is 9.53 Å². The van der Waals surface area contributed by atoms with Crippen molar-refractivity contribution in [2.24, 2.45) is 40.4 Å². The Hall–Kier alpha value is -0.830. The van der Waals surface area contributed by atoms with Crippen LogP contribution in [0.2, 0.25) is 0 Å². The summed E-state index contributed by atoms with van der Waals surface area (Å²) in [6.07, 6.45) is 17.3. The fraction of sp³-hybridized carbons (Fsp3) is 0.897. The number of nitrogens with zero attached hydrogens (tertiary/aromatic N) is 1. The van der Waals surface area contributed by atoms with Crippen molar-refractivity contribution in [2.75, 3.05) is 19.6 Å². The van der Waals surface area contributed by atoms with Crippen LogP contribution in [0.15, 0.2) is 11.6 Å². The Morgan fingerprint density at radius 1 is 1.09 bits per heavy atom. The molecule has 3 heteroatoms. The number of ether oxygens (including phenoxy) is 1. The van der Waals surface area contributed by atoms with E-state index in [1.807, 2.05) is 0 Å². The second-order valence-electron chi connectivity index (χ2n) is 12.8. The van der Waals surface area contributed by atoms with Gasteiger partial charge in [0.1, 0.15) is 6.10 Å². The molecule has 0 aromatic rings. The maximum absolute atomic E-state index is 11.5. The van der Waals surface area contributed by atoms with E-state index in [4.69, 9.17) is 4.74 Å². The van der Waals surface area contributed by atoms with Gasteiger partial charge in [-0.05, 0) is 111 Å². The van der Waals surface area contributed by atoms with Gasteiger partial charge in [0, 0.05) is 19.9 Å². The average molecular weight is 442 g/mol. The number of carbonyl (C=O) groups is 1. The molecule has 1 saturated heterocycles. The summed E-state index contributed by atoms with van der Waals surface area (Å²) < 4.78 is 5.63. The maximum atomic E-state index is 11.5. The first-order chi connectivity index (χ1) is 15.3. The molecule has 0 radical (unpaired) electrons. The molecule has 0 N–H and O–H groups in total. The quantitative estimate of drug-likeness (QED) is 0.363. The molecular formula is C29H47NO2. The minimum Gasteiger partial charge on any atom is -0.462 e. The number of allylic oxidation sites excluding steroid dienone is 1. The molecule has 4 unspecified atom stereocenters. The van der Waals surface area contributed by atoms with Crippen molar-refractivity contribution >= 4 is 5.97 Å². The molecule has 5 rings (SSSR count). The van der Waals surface area contributed by atoms with Crippen LogP contribution in [0, 0.1) is 40.4 Å². The summed E-state index contributed by atoms with van der Waals surface area (Å²) >= 11 is 0. The number of hydrogen-bond donors (Lipinski definition) is 0. The van der Waals surface area contributed by atoms with Gasteiger partial charge in [-0.15, -0.1) is 0 Å². The monoisotopic (exact) mass is 441 g/mol. The zero-order valence-corrected chi connectivity index (χ0v) is 21.2. The van der Waals surface area contributed by atoms with E-state index in [0.29, 0.717) is 10.8 Å². The van der Waals surface area contributed by atoms with Gasteiger partial charge in [-0.25, -0.2) is 0 Å². The minimum atomic E-state index is -0.114. The summed E-state index contributed by atoms with van der Waals surface area (Å²) in [5.41, 5.74) is 2.51. The molecule has 0 aromatic heterocycles. The van der Waals surface area contributed by atoms with Crippen molar-refractivity contribution in [3.05, 3.63) is 11.6 Å². The Bertz CT molecular complexity index is 739. The molecule has 0 spiro atoms. The third kappa shape index (κ3) is 3.89. The Balaban J connectivity index is 1.30. The van der Waals surface area contributed by atoms with Crippen LogP contribution in [-0.2, 0) is 9.53 Å². The highest BCUT2D eigenvalue weighted by atomic mass is 16.5. The Labute approximate surface area is 196 Å². The van der Waals surface area contributed by atoms with E-state index in [-0.39, 0.29) is 12.1 Å². The highest BCUT2D eigenvalue weighted by molar-refractivity contribution is 5.66. The zero-order valence-electron chi connectivity index (χ0n) is 21.2. The summed E-state index contributed by atoms with van der Waals surface area (Å²) in [6, 6.07) is 0. The number of hydrogen-bond acceptors (Lipinski definition) is 3. The maximum Gasteiger partial charge on any atom is 0.302 e. The highest BCUT2D eigenvalue weighted by Crippen LogP contribution is 2.67. The smallest absolute Gasteiger partial charge is 0.302 e. The third-order valence-corrected chi connectivity index (χ3v) is 11.1. The summed E-state index contributed by atoms with van der Waals surface area (Å²) in [7, 11) is 0. The molecule has 3 saturated carbocycles. The molecule has 4 aliphatic carbocycles. The van der Waals surface area contributed by atoms with Crippen LogP contribution in [0.25, 0.3) is 0 Å². The van der Waals surface area contributed by atoms with Crippen LogP contribution in [0.5, 0.6) is 0 Å². The standard InChI is InChI=1S/C29H47NO2/c1-20(19-30-16-6-5-7-17-30)25-10-11-26-24-9-8-22-18-23(32-21(2)31)12-14-28(22,3)27(24)13-15-29(25,26)4/h8,20,23-27H,5-7,9-19H2,1-4H3/t20?,23-,24?,25+,26?,27?,28-,29+/m0/s1. The molecule has 0 amide bonds. The van der Waals surface area contributed by atoms with Crippen LogP contribution in [0.4, 0.5) is 0 Å². The normalized spacial score (nSPS) is 45.2. The molecule has 5 aliphatic rings. The first-order valence-electron chi connectivity index (χ1n) is 13.9. The van der Waals surface area contributed by atoms with Gasteiger partial charge >= 0.3 is 5.97 Å². The molecule has 0 aromatic carbocycles. The lowest BCUT2D eigenvalue weighted by molar-refractivity contribution is -0.148. The summed E-state index contributed by atoms with van der Waals surface area (Å²) in [4.78, 5) is 14.3. The van der Waals surface area contributed by atoms with E-state index in [9.17, 15) is 4.79 Å². The van der Waals surface area contributed by atoms with E-state index in [2.05, 4.69) is 31.7 Å². The summed E-state index contributed by atoms with van der Waals surface area (Å²) in [5, 5.41) is 0. The number of piperidine rings is 1. The van der Waals surface area contributed by atoms with Crippen molar-refractivity contribution in [1.82, 2.24) is 4.90 Å². The van der Waals surface area contributed by atoms with Crippen LogP contribution >= 0.6 is 0 Å². The van der Waals surface area contributed by atoms with E-state index >= 15 is 0 Å². The van der Waals surface area contributed by atoms with Crippen LogP contribution in [0.3, 0.4) is 0 Å². The van der Waals surface area contributed by atoms with Gasteiger partial charge in [-0.3, -0.25) is 4.79 Å².